The Morgan fingerprint density at radius 1 is 1.11 bits per heavy atom. The molecule has 1 unspecified atom stereocenters. The molecule has 1 saturated carbocycles. The number of aliphatic hydroxyl groups excluding tert-OH is 1. The SMILES string of the molecule is CC(C)[C@H](CO)N1C(=O)[C@@H]2[C@H]3C(=O)OCCC/C=C\[C@H]3S[C@@]23C=CCN(C2CCCCC2)C(=O)C13. The van der Waals surface area contributed by atoms with Gasteiger partial charge >= 0.3 is 5.97 Å². The van der Waals surface area contributed by atoms with Crippen LogP contribution in [-0.4, -0.2) is 80.6 Å². The highest BCUT2D eigenvalue weighted by Gasteiger charge is 2.72. The molecule has 0 bridgehead atoms. The van der Waals surface area contributed by atoms with Crippen LogP contribution in [0.15, 0.2) is 24.3 Å². The van der Waals surface area contributed by atoms with Gasteiger partial charge in [0.2, 0.25) is 11.8 Å². The van der Waals surface area contributed by atoms with Crippen LogP contribution in [0.4, 0.5) is 0 Å². The summed E-state index contributed by atoms with van der Waals surface area (Å²) in [6, 6.07) is -1.05. The van der Waals surface area contributed by atoms with Crippen LogP contribution in [0.3, 0.4) is 0 Å². The minimum atomic E-state index is -0.849. The molecule has 0 aromatic heterocycles. The fourth-order valence-electron chi connectivity index (χ4n) is 6.91. The van der Waals surface area contributed by atoms with E-state index in [9.17, 15) is 19.5 Å². The molecule has 8 heteroatoms. The monoisotopic (exact) mass is 502 g/mol. The molecule has 4 heterocycles. The Bertz CT molecular complexity index is 913. The molecule has 1 N–H and O–H groups in total. The summed E-state index contributed by atoms with van der Waals surface area (Å²) in [5.74, 6) is -1.93. The molecule has 1 aliphatic carbocycles. The third-order valence-electron chi connectivity index (χ3n) is 8.65. The van der Waals surface area contributed by atoms with Gasteiger partial charge in [0.25, 0.3) is 0 Å². The fraction of sp³-hybridized carbons (Fsp3) is 0.741. The van der Waals surface area contributed by atoms with Gasteiger partial charge in [-0.1, -0.05) is 57.4 Å². The number of cyclic esters (lactones) is 1. The number of aliphatic hydroxyl groups is 1. The quantitative estimate of drug-likeness (QED) is 0.470. The smallest absolute Gasteiger partial charge is 0.311 e. The molecule has 1 spiro atoms. The molecular formula is C27H38N2O5S. The Balaban J connectivity index is 1.61. The van der Waals surface area contributed by atoms with Crippen molar-refractivity contribution in [3.63, 3.8) is 0 Å². The Kier molecular flexibility index (Phi) is 7.05. The van der Waals surface area contributed by atoms with E-state index in [4.69, 9.17) is 4.74 Å². The lowest BCUT2D eigenvalue weighted by Crippen LogP contribution is -2.59. The summed E-state index contributed by atoms with van der Waals surface area (Å²) >= 11 is 1.58. The van der Waals surface area contributed by atoms with Crippen LogP contribution in [0.5, 0.6) is 0 Å². The lowest BCUT2D eigenvalue weighted by atomic mass is 9.78. The van der Waals surface area contributed by atoms with Crippen LogP contribution in [-0.2, 0) is 19.1 Å². The van der Waals surface area contributed by atoms with E-state index >= 15 is 0 Å². The van der Waals surface area contributed by atoms with E-state index < -0.39 is 28.7 Å². The van der Waals surface area contributed by atoms with Crippen molar-refractivity contribution < 1.29 is 24.2 Å². The molecule has 35 heavy (non-hydrogen) atoms. The van der Waals surface area contributed by atoms with Gasteiger partial charge < -0.3 is 19.6 Å². The van der Waals surface area contributed by atoms with Crippen molar-refractivity contribution in [2.75, 3.05) is 19.8 Å². The van der Waals surface area contributed by atoms with Crippen molar-refractivity contribution in [1.82, 2.24) is 9.80 Å². The number of carbonyl (C=O) groups excluding carboxylic acids is 3. The summed E-state index contributed by atoms with van der Waals surface area (Å²) in [6.45, 7) is 4.59. The summed E-state index contributed by atoms with van der Waals surface area (Å²) in [6.07, 6.45) is 15.2. The van der Waals surface area contributed by atoms with Crippen molar-refractivity contribution in [2.45, 2.75) is 86.9 Å². The zero-order chi connectivity index (χ0) is 24.7. The molecule has 2 saturated heterocycles. The van der Waals surface area contributed by atoms with E-state index in [0.717, 1.165) is 38.5 Å². The number of hydrogen-bond donors (Lipinski definition) is 1. The predicted octanol–water partition coefficient (Wildman–Crippen LogP) is 2.93. The second-order valence-corrected chi connectivity index (χ2v) is 12.5. The minimum Gasteiger partial charge on any atom is -0.465 e. The van der Waals surface area contributed by atoms with Gasteiger partial charge in [-0.15, -0.1) is 11.8 Å². The number of nitrogens with zero attached hydrogens (tertiary/aromatic N) is 2. The van der Waals surface area contributed by atoms with Crippen molar-refractivity contribution in [3.05, 3.63) is 24.3 Å². The number of hydrogen-bond acceptors (Lipinski definition) is 6. The Labute approximate surface area is 212 Å². The van der Waals surface area contributed by atoms with Gasteiger partial charge in [0.05, 0.1) is 35.8 Å². The van der Waals surface area contributed by atoms with Crippen LogP contribution in [0, 0.1) is 17.8 Å². The van der Waals surface area contributed by atoms with Crippen LogP contribution >= 0.6 is 11.8 Å². The highest BCUT2D eigenvalue weighted by molar-refractivity contribution is 8.02. The molecule has 7 nitrogen and oxygen atoms in total. The molecule has 4 aliphatic heterocycles. The van der Waals surface area contributed by atoms with Crippen LogP contribution in [0.1, 0.15) is 58.8 Å². The highest BCUT2D eigenvalue weighted by Crippen LogP contribution is 2.61. The normalized spacial score (nSPS) is 37.7. The van der Waals surface area contributed by atoms with E-state index in [2.05, 4.69) is 18.2 Å². The van der Waals surface area contributed by atoms with Crippen LogP contribution < -0.4 is 0 Å². The number of ether oxygens (including phenoxy) is 1. The van der Waals surface area contributed by atoms with E-state index in [0.29, 0.717) is 13.2 Å². The minimum absolute atomic E-state index is 0.0313. The van der Waals surface area contributed by atoms with E-state index in [-0.39, 0.29) is 41.6 Å². The summed E-state index contributed by atoms with van der Waals surface area (Å²) in [4.78, 5) is 45.6. The molecule has 0 radical (unpaired) electrons. The van der Waals surface area contributed by atoms with Crippen LogP contribution in [0.2, 0.25) is 0 Å². The van der Waals surface area contributed by atoms with E-state index in [1.165, 1.54) is 6.42 Å². The molecule has 2 amide bonds. The maximum Gasteiger partial charge on any atom is 0.311 e. The maximum absolute atomic E-state index is 14.4. The molecule has 192 valence electrons. The predicted molar refractivity (Wildman–Crippen MR) is 134 cm³/mol. The number of thioether (sulfide) groups is 1. The number of likely N-dealkylation sites (tertiary alicyclic amines) is 1. The van der Waals surface area contributed by atoms with Gasteiger partial charge in [0, 0.05) is 17.8 Å². The van der Waals surface area contributed by atoms with Crippen molar-refractivity contribution in [3.8, 4) is 0 Å². The fourth-order valence-corrected chi connectivity index (χ4v) is 8.90. The maximum atomic E-state index is 14.4. The average molecular weight is 503 g/mol. The number of rotatable bonds is 4. The summed E-state index contributed by atoms with van der Waals surface area (Å²) < 4.78 is 4.77. The average Bonchev–Trinajstić information content (AvgIpc) is 3.25. The summed E-state index contributed by atoms with van der Waals surface area (Å²) in [5, 5.41) is 10.1. The third kappa shape index (κ3) is 4.05. The summed E-state index contributed by atoms with van der Waals surface area (Å²) in [7, 11) is 0. The largest absolute Gasteiger partial charge is 0.465 e. The molecular weight excluding hydrogens is 464 g/mol. The second kappa shape index (κ2) is 9.92. The molecule has 5 rings (SSSR count). The van der Waals surface area contributed by atoms with E-state index in [1.54, 1.807) is 16.7 Å². The zero-order valence-corrected chi connectivity index (χ0v) is 21.6. The zero-order valence-electron chi connectivity index (χ0n) is 20.8. The molecule has 0 aromatic carbocycles. The van der Waals surface area contributed by atoms with Gasteiger partial charge in [0.1, 0.15) is 6.04 Å². The Hall–Kier alpha value is -1.80. The molecule has 0 aromatic rings. The lowest BCUT2D eigenvalue weighted by molar-refractivity contribution is -0.154. The number of carbonyl (C=O) groups is 3. The topological polar surface area (TPSA) is 87.2 Å². The van der Waals surface area contributed by atoms with Gasteiger partial charge in [-0.05, 0) is 31.6 Å². The first-order valence-electron chi connectivity index (χ1n) is 13.3. The number of esters is 1. The van der Waals surface area contributed by atoms with Crippen molar-refractivity contribution in [2.24, 2.45) is 17.8 Å². The number of amides is 2. The molecule has 3 fully saturated rings. The Morgan fingerprint density at radius 2 is 1.89 bits per heavy atom. The van der Waals surface area contributed by atoms with Gasteiger partial charge in [-0.25, -0.2) is 0 Å². The highest BCUT2D eigenvalue weighted by atomic mass is 32.2. The van der Waals surface area contributed by atoms with E-state index in [1.807, 2.05) is 24.8 Å². The molecule has 5 aliphatic rings. The van der Waals surface area contributed by atoms with Crippen molar-refractivity contribution >= 4 is 29.5 Å². The number of fused-ring (bicyclic) bond motifs is 2. The second-order valence-electron chi connectivity index (χ2n) is 11.0. The first kappa shape index (κ1) is 24.9. The van der Waals surface area contributed by atoms with Gasteiger partial charge in [-0.2, -0.15) is 0 Å². The first-order valence-corrected chi connectivity index (χ1v) is 14.2. The number of allylic oxidation sites excluding steroid dienone is 1. The van der Waals surface area contributed by atoms with Gasteiger partial charge in [-0.3, -0.25) is 14.4 Å². The Morgan fingerprint density at radius 3 is 2.60 bits per heavy atom. The standard InChI is InChI=1S/C27H38N2O5S/c1-17(2)19(16-30)29-23-25(32)28(18-10-5-3-6-11-18)14-9-13-27(23)22(24(29)31)21-20(35-27)12-7-4-8-15-34-26(21)33/h7,9,12-13,17-23,30H,3-6,8,10-11,14-16H2,1-2H3/b12-7-/t19-,20+,21-,22-,23?,27-/m0/s1. The lowest BCUT2D eigenvalue weighted by Gasteiger charge is -2.42. The summed E-state index contributed by atoms with van der Waals surface area (Å²) in [5.41, 5.74) is 0. The van der Waals surface area contributed by atoms with Crippen LogP contribution in [0.25, 0.3) is 0 Å². The molecule has 6 atom stereocenters. The van der Waals surface area contributed by atoms with Crippen molar-refractivity contribution in [1.29, 1.82) is 0 Å². The van der Waals surface area contributed by atoms with Gasteiger partial charge in [0.15, 0.2) is 0 Å². The third-order valence-corrected chi connectivity index (χ3v) is 10.4. The first-order chi connectivity index (χ1) is 16.9.